The Bertz CT molecular complexity index is 399. The number of nitrogens with one attached hydrogen (secondary N) is 1. The first kappa shape index (κ1) is 16.3. The van der Waals surface area contributed by atoms with Gasteiger partial charge in [0.1, 0.15) is 5.75 Å². The van der Waals surface area contributed by atoms with E-state index >= 15 is 0 Å². The molecule has 1 fully saturated rings. The molecule has 1 aliphatic rings. The third-order valence-corrected chi connectivity index (χ3v) is 3.49. The Kier molecular flexibility index (Phi) is 6.49. The Morgan fingerprint density at radius 1 is 1.29 bits per heavy atom. The minimum Gasteiger partial charge on any atom is -0.491 e. The van der Waals surface area contributed by atoms with Gasteiger partial charge < -0.3 is 19.5 Å². The molecule has 21 heavy (non-hydrogen) atoms. The van der Waals surface area contributed by atoms with Crippen molar-refractivity contribution in [2.45, 2.75) is 45.4 Å². The Hall–Kier alpha value is -1.10. The van der Waals surface area contributed by atoms with Crippen molar-refractivity contribution in [2.75, 3.05) is 26.4 Å². The average molecular weight is 293 g/mol. The van der Waals surface area contributed by atoms with Crippen LogP contribution in [-0.2, 0) is 9.47 Å². The van der Waals surface area contributed by atoms with Crippen molar-refractivity contribution in [3.63, 3.8) is 0 Å². The normalized spacial score (nSPS) is 19.9. The van der Waals surface area contributed by atoms with Crippen LogP contribution in [0, 0.1) is 0 Å². The molecule has 0 amide bonds. The second-order valence-corrected chi connectivity index (χ2v) is 5.66. The summed E-state index contributed by atoms with van der Waals surface area (Å²) in [7, 11) is 0. The number of rotatable bonds is 8. The Labute approximate surface area is 127 Å². The van der Waals surface area contributed by atoms with E-state index in [4.69, 9.17) is 14.2 Å². The molecule has 1 aromatic carbocycles. The van der Waals surface area contributed by atoms with Crippen LogP contribution in [0.5, 0.6) is 5.75 Å². The molecular weight excluding hydrogens is 266 g/mol. The van der Waals surface area contributed by atoms with Crippen LogP contribution in [0.15, 0.2) is 24.3 Å². The van der Waals surface area contributed by atoms with Gasteiger partial charge in [-0.1, -0.05) is 19.1 Å². The molecule has 1 heterocycles. The minimum atomic E-state index is 0.200. The minimum absolute atomic E-state index is 0.200. The third-order valence-electron chi connectivity index (χ3n) is 3.49. The second kappa shape index (κ2) is 8.37. The fourth-order valence-corrected chi connectivity index (χ4v) is 2.45. The van der Waals surface area contributed by atoms with Crippen molar-refractivity contribution in [3.05, 3.63) is 29.8 Å². The highest BCUT2D eigenvalue weighted by Crippen LogP contribution is 2.20. The topological polar surface area (TPSA) is 39.7 Å². The smallest absolute Gasteiger partial charge is 0.119 e. The predicted molar refractivity (Wildman–Crippen MR) is 83.8 cm³/mol. The average Bonchev–Trinajstić information content (AvgIpc) is 2.97. The summed E-state index contributed by atoms with van der Waals surface area (Å²) in [5.74, 6) is 0.911. The lowest BCUT2D eigenvalue weighted by Gasteiger charge is -2.21. The number of hydrogen-bond acceptors (Lipinski definition) is 4. The Balaban J connectivity index is 1.92. The summed E-state index contributed by atoms with van der Waals surface area (Å²) >= 11 is 0. The fraction of sp³-hybridized carbons (Fsp3) is 0.647. The van der Waals surface area contributed by atoms with Gasteiger partial charge in [0.15, 0.2) is 0 Å². The van der Waals surface area contributed by atoms with Crippen molar-refractivity contribution in [3.8, 4) is 5.75 Å². The van der Waals surface area contributed by atoms with Crippen LogP contribution in [0.2, 0.25) is 0 Å². The lowest BCUT2D eigenvalue weighted by molar-refractivity contribution is 0.0299. The monoisotopic (exact) mass is 293 g/mol. The second-order valence-electron chi connectivity index (χ2n) is 5.66. The van der Waals surface area contributed by atoms with Crippen LogP contribution in [0.4, 0.5) is 0 Å². The SMILES string of the molecule is CCNC(COC1CCOC1)c1ccc(OC(C)C)cc1. The lowest BCUT2D eigenvalue weighted by atomic mass is 10.1. The van der Waals surface area contributed by atoms with E-state index in [2.05, 4.69) is 24.4 Å². The molecule has 0 spiro atoms. The molecule has 0 radical (unpaired) electrons. The molecule has 4 heteroatoms. The zero-order valence-electron chi connectivity index (χ0n) is 13.3. The van der Waals surface area contributed by atoms with Crippen molar-refractivity contribution in [1.82, 2.24) is 5.32 Å². The van der Waals surface area contributed by atoms with Crippen LogP contribution in [0.1, 0.15) is 38.8 Å². The molecule has 0 aliphatic carbocycles. The van der Waals surface area contributed by atoms with Crippen LogP contribution in [0.3, 0.4) is 0 Å². The molecule has 1 saturated heterocycles. The lowest BCUT2D eigenvalue weighted by Crippen LogP contribution is -2.28. The Morgan fingerprint density at radius 3 is 2.62 bits per heavy atom. The van der Waals surface area contributed by atoms with E-state index in [-0.39, 0.29) is 18.2 Å². The Morgan fingerprint density at radius 2 is 2.05 bits per heavy atom. The van der Waals surface area contributed by atoms with Crippen molar-refractivity contribution < 1.29 is 14.2 Å². The number of benzene rings is 1. The molecule has 1 aliphatic heterocycles. The summed E-state index contributed by atoms with van der Waals surface area (Å²) in [6.07, 6.45) is 1.45. The van der Waals surface area contributed by atoms with Crippen molar-refractivity contribution in [2.24, 2.45) is 0 Å². The van der Waals surface area contributed by atoms with Crippen LogP contribution < -0.4 is 10.1 Å². The highest BCUT2D eigenvalue weighted by atomic mass is 16.5. The molecule has 1 aromatic rings. The van der Waals surface area contributed by atoms with Gasteiger partial charge in [-0.05, 0) is 44.5 Å². The first-order valence-corrected chi connectivity index (χ1v) is 7.88. The van der Waals surface area contributed by atoms with Gasteiger partial charge in [0.2, 0.25) is 0 Å². The molecule has 0 bridgehead atoms. The van der Waals surface area contributed by atoms with Crippen LogP contribution in [0.25, 0.3) is 0 Å². The summed E-state index contributed by atoms with van der Waals surface area (Å²) in [5, 5.41) is 3.48. The predicted octanol–water partition coefficient (Wildman–Crippen LogP) is 2.93. The van der Waals surface area contributed by atoms with Crippen LogP contribution in [-0.4, -0.2) is 38.6 Å². The first-order chi connectivity index (χ1) is 10.2. The van der Waals surface area contributed by atoms with E-state index in [9.17, 15) is 0 Å². The molecule has 0 saturated carbocycles. The molecule has 2 atom stereocenters. The van der Waals surface area contributed by atoms with Gasteiger partial charge in [0.05, 0.1) is 31.5 Å². The van der Waals surface area contributed by atoms with Crippen molar-refractivity contribution in [1.29, 1.82) is 0 Å². The van der Waals surface area contributed by atoms with Gasteiger partial charge in [0, 0.05) is 6.61 Å². The van der Waals surface area contributed by atoms with E-state index in [1.165, 1.54) is 5.56 Å². The van der Waals surface area contributed by atoms with Gasteiger partial charge in [-0.25, -0.2) is 0 Å². The van der Waals surface area contributed by atoms with Gasteiger partial charge in [-0.15, -0.1) is 0 Å². The van der Waals surface area contributed by atoms with E-state index in [1.54, 1.807) is 0 Å². The van der Waals surface area contributed by atoms with E-state index in [0.29, 0.717) is 6.61 Å². The number of hydrogen-bond donors (Lipinski definition) is 1. The highest BCUT2D eigenvalue weighted by Gasteiger charge is 2.19. The quantitative estimate of drug-likeness (QED) is 0.800. The number of ether oxygens (including phenoxy) is 3. The van der Waals surface area contributed by atoms with E-state index in [0.717, 1.165) is 31.9 Å². The summed E-state index contributed by atoms with van der Waals surface area (Å²) in [6, 6.07) is 8.49. The van der Waals surface area contributed by atoms with Crippen molar-refractivity contribution >= 4 is 0 Å². The number of likely N-dealkylation sites (N-methyl/N-ethyl adjacent to an activating group) is 1. The standard InChI is InChI=1S/C17H27NO3/c1-4-18-17(12-20-16-9-10-19-11-16)14-5-7-15(8-6-14)21-13(2)3/h5-8,13,16-18H,4,9-12H2,1-3H3. The van der Waals surface area contributed by atoms with E-state index in [1.807, 2.05) is 26.0 Å². The summed E-state index contributed by atoms with van der Waals surface area (Å²) in [4.78, 5) is 0. The largest absolute Gasteiger partial charge is 0.491 e. The van der Waals surface area contributed by atoms with E-state index < -0.39 is 0 Å². The zero-order valence-corrected chi connectivity index (χ0v) is 13.3. The maximum Gasteiger partial charge on any atom is 0.119 e. The van der Waals surface area contributed by atoms with Crippen LogP contribution >= 0.6 is 0 Å². The fourth-order valence-electron chi connectivity index (χ4n) is 2.45. The molecule has 2 rings (SSSR count). The zero-order chi connectivity index (χ0) is 15.1. The molecule has 1 N–H and O–H groups in total. The van der Waals surface area contributed by atoms with Gasteiger partial charge in [0.25, 0.3) is 0 Å². The van der Waals surface area contributed by atoms with Gasteiger partial charge in [-0.3, -0.25) is 0 Å². The molecule has 2 unspecified atom stereocenters. The summed E-state index contributed by atoms with van der Waals surface area (Å²) in [5.41, 5.74) is 1.23. The maximum atomic E-state index is 5.95. The third kappa shape index (κ3) is 5.30. The summed E-state index contributed by atoms with van der Waals surface area (Å²) < 4.78 is 17.0. The first-order valence-electron chi connectivity index (χ1n) is 7.88. The maximum absolute atomic E-state index is 5.95. The molecule has 0 aromatic heterocycles. The highest BCUT2D eigenvalue weighted by molar-refractivity contribution is 5.29. The van der Waals surface area contributed by atoms with Gasteiger partial charge >= 0.3 is 0 Å². The van der Waals surface area contributed by atoms with Gasteiger partial charge in [-0.2, -0.15) is 0 Å². The molecule has 4 nitrogen and oxygen atoms in total. The molecular formula is C17H27NO3. The summed E-state index contributed by atoms with van der Waals surface area (Å²) in [6.45, 7) is 9.31. The molecule has 118 valence electrons.